The van der Waals surface area contributed by atoms with Gasteiger partial charge in [-0.1, -0.05) is 30.1 Å². The zero-order valence-corrected chi connectivity index (χ0v) is 12.5. The summed E-state index contributed by atoms with van der Waals surface area (Å²) in [6, 6.07) is 3.13. The van der Waals surface area contributed by atoms with Crippen LogP contribution in [0.3, 0.4) is 0 Å². The average molecular weight is 307 g/mol. The molecule has 3 nitrogen and oxygen atoms in total. The van der Waals surface area contributed by atoms with E-state index >= 15 is 0 Å². The van der Waals surface area contributed by atoms with E-state index in [1.807, 2.05) is 11.8 Å². The number of rotatable bonds is 6. The Balaban J connectivity index is 2.54. The van der Waals surface area contributed by atoms with Crippen LogP contribution >= 0.6 is 35.0 Å². The largest absolute Gasteiger partial charge is 0.399 e. The number of nitrogen functional groups attached to an aromatic ring is 1. The van der Waals surface area contributed by atoms with Crippen molar-refractivity contribution in [2.75, 3.05) is 22.6 Å². The van der Waals surface area contributed by atoms with E-state index in [1.54, 1.807) is 12.1 Å². The summed E-state index contributed by atoms with van der Waals surface area (Å²) in [5.74, 6) is 1.96. The number of carbonyl (C=O) groups is 1. The molecule has 100 valence electrons. The van der Waals surface area contributed by atoms with Gasteiger partial charge in [-0.2, -0.15) is 11.8 Å². The number of nitrogens with two attached hydrogens (primary N) is 1. The van der Waals surface area contributed by atoms with Crippen molar-refractivity contribution in [3.63, 3.8) is 0 Å². The van der Waals surface area contributed by atoms with E-state index in [4.69, 9.17) is 28.9 Å². The fourth-order valence-electron chi connectivity index (χ4n) is 1.39. The molecular weight excluding hydrogens is 291 g/mol. The number of anilines is 2. The zero-order chi connectivity index (χ0) is 13.5. The highest BCUT2D eigenvalue weighted by molar-refractivity contribution is 7.99. The van der Waals surface area contributed by atoms with Crippen LogP contribution in [0.1, 0.15) is 19.8 Å². The SMILES string of the molecule is CCSCCCC(=O)Nc1c(Cl)cc(N)cc1Cl. The van der Waals surface area contributed by atoms with Crippen molar-refractivity contribution in [3.8, 4) is 0 Å². The second-order valence-electron chi connectivity index (χ2n) is 3.71. The van der Waals surface area contributed by atoms with E-state index in [-0.39, 0.29) is 5.91 Å². The van der Waals surface area contributed by atoms with Crippen LogP contribution in [0, 0.1) is 0 Å². The molecule has 0 heterocycles. The Kier molecular flexibility index (Phi) is 6.68. The van der Waals surface area contributed by atoms with Crippen LogP contribution in [0.5, 0.6) is 0 Å². The van der Waals surface area contributed by atoms with Crippen molar-refractivity contribution in [3.05, 3.63) is 22.2 Å². The van der Waals surface area contributed by atoms with Crippen LogP contribution in [-0.4, -0.2) is 17.4 Å². The smallest absolute Gasteiger partial charge is 0.224 e. The van der Waals surface area contributed by atoms with E-state index in [0.29, 0.717) is 27.8 Å². The molecule has 0 aliphatic rings. The number of thioether (sulfide) groups is 1. The van der Waals surface area contributed by atoms with E-state index < -0.39 is 0 Å². The minimum Gasteiger partial charge on any atom is -0.399 e. The summed E-state index contributed by atoms with van der Waals surface area (Å²) in [5, 5.41) is 3.43. The van der Waals surface area contributed by atoms with E-state index in [0.717, 1.165) is 17.9 Å². The lowest BCUT2D eigenvalue weighted by molar-refractivity contribution is -0.116. The molecule has 3 N–H and O–H groups in total. The average Bonchev–Trinajstić information content (AvgIpc) is 2.29. The van der Waals surface area contributed by atoms with Crippen LogP contribution in [0.15, 0.2) is 12.1 Å². The maximum absolute atomic E-state index is 11.7. The molecule has 18 heavy (non-hydrogen) atoms. The van der Waals surface area contributed by atoms with Crippen molar-refractivity contribution in [1.29, 1.82) is 0 Å². The summed E-state index contributed by atoms with van der Waals surface area (Å²) in [6.07, 6.45) is 1.30. The predicted molar refractivity (Wildman–Crippen MR) is 81.7 cm³/mol. The van der Waals surface area contributed by atoms with Crippen LogP contribution in [0.2, 0.25) is 10.0 Å². The lowest BCUT2D eigenvalue weighted by Crippen LogP contribution is -2.12. The number of nitrogens with one attached hydrogen (secondary N) is 1. The molecule has 1 rings (SSSR count). The summed E-state index contributed by atoms with van der Waals surface area (Å²) < 4.78 is 0. The van der Waals surface area contributed by atoms with Gasteiger partial charge in [0, 0.05) is 12.1 Å². The van der Waals surface area contributed by atoms with Gasteiger partial charge in [0.05, 0.1) is 15.7 Å². The van der Waals surface area contributed by atoms with Gasteiger partial charge < -0.3 is 11.1 Å². The van der Waals surface area contributed by atoms with Crippen LogP contribution in [0.4, 0.5) is 11.4 Å². The number of carbonyl (C=O) groups excluding carboxylic acids is 1. The third-order valence-electron chi connectivity index (χ3n) is 2.23. The van der Waals surface area contributed by atoms with Crippen molar-refractivity contribution in [2.45, 2.75) is 19.8 Å². The summed E-state index contributed by atoms with van der Waals surface area (Å²) in [4.78, 5) is 11.7. The van der Waals surface area contributed by atoms with Gasteiger partial charge in [0.2, 0.25) is 5.91 Å². The molecule has 0 fully saturated rings. The molecule has 0 radical (unpaired) electrons. The number of halogens is 2. The molecule has 0 aliphatic carbocycles. The van der Waals surface area contributed by atoms with Gasteiger partial charge in [-0.05, 0) is 30.1 Å². The molecule has 1 aromatic carbocycles. The van der Waals surface area contributed by atoms with Crippen LogP contribution < -0.4 is 11.1 Å². The second kappa shape index (κ2) is 7.77. The number of hydrogen-bond donors (Lipinski definition) is 2. The molecule has 0 aromatic heterocycles. The summed E-state index contributed by atoms with van der Waals surface area (Å²) in [6.45, 7) is 2.10. The molecular formula is C12H16Cl2N2OS. The van der Waals surface area contributed by atoms with Gasteiger partial charge in [0.15, 0.2) is 0 Å². The monoisotopic (exact) mass is 306 g/mol. The summed E-state index contributed by atoms with van der Waals surface area (Å²) in [5.41, 5.74) is 6.49. The van der Waals surface area contributed by atoms with Gasteiger partial charge >= 0.3 is 0 Å². The second-order valence-corrected chi connectivity index (χ2v) is 5.92. The first-order chi connectivity index (χ1) is 8.54. The van der Waals surface area contributed by atoms with Crippen molar-refractivity contribution < 1.29 is 4.79 Å². The van der Waals surface area contributed by atoms with Crippen molar-refractivity contribution in [1.82, 2.24) is 0 Å². The fourth-order valence-corrected chi connectivity index (χ4v) is 2.63. The number of amides is 1. The highest BCUT2D eigenvalue weighted by Crippen LogP contribution is 2.32. The molecule has 0 atom stereocenters. The summed E-state index contributed by atoms with van der Waals surface area (Å²) >= 11 is 13.8. The maximum atomic E-state index is 11.7. The van der Waals surface area contributed by atoms with Gasteiger partial charge in [-0.3, -0.25) is 4.79 Å². The minimum atomic E-state index is -0.0831. The van der Waals surface area contributed by atoms with E-state index in [9.17, 15) is 4.79 Å². The highest BCUT2D eigenvalue weighted by atomic mass is 35.5. The first-order valence-electron chi connectivity index (χ1n) is 5.66. The first kappa shape index (κ1) is 15.5. The number of benzene rings is 1. The Hall–Kier alpha value is -0.580. The molecule has 0 spiro atoms. The summed E-state index contributed by atoms with van der Waals surface area (Å²) in [7, 11) is 0. The molecule has 1 aromatic rings. The van der Waals surface area contributed by atoms with Crippen molar-refractivity contribution in [2.24, 2.45) is 0 Å². The Labute approximate surface area is 121 Å². The normalized spacial score (nSPS) is 10.4. The molecule has 0 saturated carbocycles. The zero-order valence-electron chi connectivity index (χ0n) is 10.1. The quantitative estimate of drug-likeness (QED) is 0.616. The molecule has 6 heteroatoms. The van der Waals surface area contributed by atoms with Crippen LogP contribution in [0.25, 0.3) is 0 Å². The Morgan fingerprint density at radius 1 is 1.39 bits per heavy atom. The van der Waals surface area contributed by atoms with E-state index in [1.165, 1.54) is 0 Å². The van der Waals surface area contributed by atoms with E-state index in [2.05, 4.69) is 12.2 Å². The Morgan fingerprint density at radius 3 is 2.56 bits per heavy atom. The maximum Gasteiger partial charge on any atom is 0.224 e. The first-order valence-corrected chi connectivity index (χ1v) is 7.57. The predicted octanol–water partition coefficient (Wildman–Crippen LogP) is 4.05. The fraction of sp³-hybridized carbons (Fsp3) is 0.417. The van der Waals surface area contributed by atoms with Gasteiger partial charge in [-0.15, -0.1) is 0 Å². The Bertz CT molecular complexity index is 404. The molecule has 0 aliphatic heterocycles. The number of hydrogen-bond acceptors (Lipinski definition) is 3. The van der Waals surface area contributed by atoms with Crippen LogP contribution in [-0.2, 0) is 4.79 Å². The van der Waals surface area contributed by atoms with Gasteiger partial charge in [-0.25, -0.2) is 0 Å². The molecule has 0 bridgehead atoms. The van der Waals surface area contributed by atoms with Crippen molar-refractivity contribution >= 4 is 52.2 Å². The standard InChI is InChI=1S/C12H16Cl2N2OS/c1-2-18-5-3-4-11(17)16-12-9(13)6-8(15)7-10(12)14/h6-7H,2-5,15H2,1H3,(H,16,17). The Morgan fingerprint density at radius 2 is 2.00 bits per heavy atom. The molecule has 0 saturated heterocycles. The lowest BCUT2D eigenvalue weighted by Gasteiger charge is -2.10. The molecule has 1 amide bonds. The lowest BCUT2D eigenvalue weighted by atomic mass is 10.2. The minimum absolute atomic E-state index is 0.0831. The topological polar surface area (TPSA) is 55.1 Å². The third-order valence-corrected chi connectivity index (χ3v) is 3.81. The molecule has 0 unspecified atom stereocenters. The van der Waals surface area contributed by atoms with Gasteiger partial charge in [0.1, 0.15) is 0 Å². The van der Waals surface area contributed by atoms with Gasteiger partial charge in [0.25, 0.3) is 0 Å². The third kappa shape index (κ3) is 4.96. The highest BCUT2D eigenvalue weighted by Gasteiger charge is 2.10.